The predicted molar refractivity (Wildman–Crippen MR) is 130 cm³/mol. The highest BCUT2D eigenvalue weighted by molar-refractivity contribution is 6.00. The van der Waals surface area contributed by atoms with Crippen LogP contribution in [0.25, 0.3) is 11.3 Å². The Morgan fingerprint density at radius 3 is 2.33 bits per heavy atom. The molecule has 0 saturated carbocycles. The average Bonchev–Trinajstić information content (AvgIpc) is 3.05. The van der Waals surface area contributed by atoms with Crippen molar-refractivity contribution in [2.75, 3.05) is 19.6 Å². The Morgan fingerprint density at radius 1 is 0.939 bits per heavy atom. The number of benzene rings is 2. The molecule has 6 nitrogen and oxygen atoms in total. The largest absolute Gasteiger partial charge is 0.351 e. The summed E-state index contributed by atoms with van der Waals surface area (Å²) in [5, 5.41) is 7.68. The minimum atomic E-state index is -0.200. The number of carbonyl (C=O) groups is 2. The molecule has 1 aromatic heterocycles. The van der Waals surface area contributed by atoms with Crippen LogP contribution in [0.2, 0.25) is 0 Å². The number of amides is 2. The number of aromatic nitrogens is 2. The van der Waals surface area contributed by atoms with E-state index in [0.29, 0.717) is 30.8 Å². The van der Waals surface area contributed by atoms with E-state index in [9.17, 15) is 9.59 Å². The maximum Gasteiger partial charge on any atom is 0.255 e. The summed E-state index contributed by atoms with van der Waals surface area (Å²) in [7, 11) is 0. The fraction of sp³-hybridized carbons (Fsp3) is 0.370. The monoisotopic (exact) mass is 444 g/mol. The van der Waals surface area contributed by atoms with E-state index in [-0.39, 0.29) is 11.8 Å². The van der Waals surface area contributed by atoms with Crippen molar-refractivity contribution in [1.82, 2.24) is 20.0 Å². The second-order valence-electron chi connectivity index (χ2n) is 8.74. The second kappa shape index (κ2) is 10.9. The molecule has 2 heterocycles. The van der Waals surface area contributed by atoms with Crippen LogP contribution < -0.4 is 5.32 Å². The van der Waals surface area contributed by atoms with Crippen molar-refractivity contribution in [2.24, 2.45) is 0 Å². The predicted octanol–water partition coefficient (Wildman–Crippen LogP) is 4.43. The Hall–Kier alpha value is -3.41. The molecule has 1 aliphatic rings. The van der Waals surface area contributed by atoms with E-state index in [2.05, 4.69) is 5.32 Å². The van der Waals surface area contributed by atoms with E-state index in [0.717, 1.165) is 42.6 Å². The molecule has 1 N–H and O–H groups in total. The van der Waals surface area contributed by atoms with Gasteiger partial charge in [0.05, 0.1) is 12.1 Å². The number of rotatable bonds is 7. The van der Waals surface area contributed by atoms with Gasteiger partial charge < -0.3 is 10.2 Å². The molecule has 1 saturated heterocycles. The topological polar surface area (TPSA) is 67.2 Å². The van der Waals surface area contributed by atoms with Gasteiger partial charge in [-0.05, 0) is 25.3 Å². The second-order valence-corrected chi connectivity index (χ2v) is 8.74. The van der Waals surface area contributed by atoms with Gasteiger partial charge in [0.1, 0.15) is 5.69 Å². The van der Waals surface area contributed by atoms with Gasteiger partial charge >= 0.3 is 0 Å². The zero-order valence-electron chi connectivity index (χ0n) is 19.3. The highest BCUT2D eigenvalue weighted by atomic mass is 16.2. The molecule has 2 amide bonds. The van der Waals surface area contributed by atoms with E-state index in [1.807, 2.05) is 71.1 Å². The zero-order chi connectivity index (χ0) is 23.0. The molecule has 4 rings (SSSR count). The van der Waals surface area contributed by atoms with Crippen LogP contribution in [0.3, 0.4) is 0 Å². The smallest absolute Gasteiger partial charge is 0.255 e. The molecule has 33 heavy (non-hydrogen) atoms. The maximum absolute atomic E-state index is 13.1. The first kappa shape index (κ1) is 22.8. The van der Waals surface area contributed by atoms with Crippen LogP contribution in [0.5, 0.6) is 0 Å². The highest BCUT2D eigenvalue weighted by Crippen LogP contribution is 2.23. The zero-order valence-corrected chi connectivity index (χ0v) is 19.3. The minimum Gasteiger partial charge on any atom is -0.351 e. The number of nitrogens with one attached hydrogen (secondary N) is 1. The van der Waals surface area contributed by atoms with Gasteiger partial charge in [-0.25, -0.2) is 0 Å². The first-order chi connectivity index (χ1) is 16.1. The molecule has 2 aromatic carbocycles. The van der Waals surface area contributed by atoms with Crippen molar-refractivity contribution < 1.29 is 9.59 Å². The first-order valence-electron chi connectivity index (χ1n) is 11.8. The fourth-order valence-corrected chi connectivity index (χ4v) is 4.22. The van der Waals surface area contributed by atoms with Crippen molar-refractivity contribution >= 4 is 11.8 Å². The molecule has 0 aliphatic carbocycles. The summed E-state index contributed by atoms with van der Waals surface area (Å²) < 4.78 is 1.81. The normalized spacial score (nSPS) is 14.0. The molecule has 0 unspecified atom stereocenters. The van der Waals surface area contributed by atoms with Crippen LogP contribution in [0.15, 0.2) is 60.8 Å². The quantitative estimate of drug-likeness (QED) is 0.586. The lowest BCUT2D eigenvalue weighted by Crippen LogP contribution is -2.35. The third-order valence-electron chi connectivity index (χ3n) is 6.10. The fourth-order valence-electron chi connectivity index (χ4n) is 4.22. The lowest BCUT2D eigenvalue weighted by Gasteiger charge is -2.20. The summed E-state index contributed by atoms with van der Waals surface area (Å²) in [4.78, 5) is 27.6. The minimum absolute atomic E-state index is 0.121. The Morgan fingerprint density at radius 2 is 1.64 bits per heavy atom. The molecule has 1 aliphatic heterocycles. The van der Waals surface area contributed by atoms with Gasteiger partial charge in [0, 0.05) is 37.8 Å². The van der Waals surface area contributed by atoms with Gasteiger partial charge in [0.15, 0.2) is 0 Å². The molecule has 172 valence electrons. The molecule has 6 heteroatoms. The number of likely N-dealkylation sites (tertiary alicyclic amines) is 1. The molecular weight excluding hydrogens is 412 g/mol. The summed E-state index contributed by atoms with van der Waals surface area (Å²) in [5.74, 6) is -0.0794. The van der Waals surface area contributed by atoms with E-state index >= 15 is 0 Å². The Bertz CT molecular complexity index is 1070. The Balaban J connectivity index is 1.46. The van der Waals surface area contributed by atoms with Crippen LogP contribution in [0.4, 0.5) is 0 Å². The van der Waals surface area contributed by atoms with Crippen molar-refractivity contribution in [3.8, 4) is 11.3 Å². The van der Waals surface area contributed by atoms with Crippen LogP contribution in [0, 0.1) is 6.92 Å². The standard InChI is InChI=1S/C27H32N4O2/c1-21-11-13-23(14-12-21)26-24(20-31(29-26)19-22-9-5-4-6-10-22)27(33)28-16-15-25(32)30-17-7-2-3-8-18-30/h4-6,9-14,20H,2-3,7-8,15-19H2,1H3,(H,28,33). The Labute approximate surface area is 195 Å². The number of nitrogens with zero attached hydrogens (tertiary/aromatic N) is 3. The number of aryl methyl sites for hydroxylation is 1. The van der Waals surface area contributed by atoms with Crippen molar-refractivity contribution in [1.29, 1.82) is 0 Å². The highest BCUT2D eigenvalue weighted by Gasteiger charge is 2.19. The van der Waals surface area contributed by atoms with Crippen molar-refractivity contribution in [3.05, 3.63) is 77.5 Å². The number of hydrogen-bond donors (Lipinski definition) is 1. The molecule has 0 spiro atoms. The van der Waals surface area contributed by atoms with Crippen LogP contribution in [-0.4, -0.2) is 46.1 Å². The molecule has 0 radical (unpaired) electrons. The van der Waals surface area contributed by atoms with Gasteiger partial charge in [0.25, 0.3) is 5.91 Å². The van der Waals surface area contributed by atoms with Gasteiger partial charge in [0.2, 0.25) is 5.91 Å². The van der Waals surface area contributed by atoms with Crippen LogP contribution >= 0.6 is 0 Å². The summed E-state index contributed by atoms with van der Waals surface area (Å²) in [6.07, 6.45) is 6.64. The lowest BCUT2D eigenvalue weighted by atomic mass is 10.1. The molecular formula is C27H32N4O2. The molecule has 0 bridgehead atoms. The molecule has 1 fully saturated rings. The van der Waals surface area contributed by atoms with Gasteiger partial charge in [-0.3, -0.25) is 14.3 Å². The van der Waals surface area contributed by atoms with Crippen molar-refractivity contribution in [2.45, 2.75) is 45.6 Å². The van der Waals surface area contributed by atoms with Gasteiger partial charge in [-0.1, -0.05) is 73.0 Å². The SMILES string of the molecule is Cc1ccc(-c2nn(Cc3ccccc3)cc2C(=O)NCCC(=O)N2CCCCCC2)cc1. The molecule has 3 aromatic rings. The van der Waals surface area contributed by atoms with Crippen molar-refractivity contribution in [3.63, 3.8) is 0 Å². The number of carbonyl (C=O) groups excluding carboxylic acids is 2. The molecule has 0 atom stereocenters. The third-order valence-corrected chi connectivity index (χ3v) is 6.10. The summed E-state index contributed by atoms with van der Waals surface area (Å²) in [5.41, 5.74) is 4.35. The maximum atomic E-state index is 13.1. The third kappa shape index (κ3) is 6.09. The van der Waals surface area contributed by atoms with Gasteiger partial charge in [-0.15, -0.1) is 0 Å². The van der Waals surface area contributed by atoms with Crippen LogP contribution in [0.1, 0.15) is 53.6 Å². The van der Waals surface area contributed by atoms with E-state index in [4.69, 9.17) is 5.10 Å². The summed E-state index contributed by atoms with van der Waals surface area (Å²) >= 11 is 0. The van der Waals surface area contributed by atoms with Gasteiger partial charge in [-0.2, -0.15) is 5.10 Å². The Kier molecular flexibility index (Phi) is 7.55. The lowest BCUT2D eigenvalue weighted by molar-refractivity contribution is -0.131. The van der Waals surface area contributed by atoms with E-state index in [1.165, 1.54) is 12.8 Å². The summed E-state index contributed by atoms with van der Waals surface area (Å²) in [6.45, 7) is 4.60. The van der Waals surface area contributed by atoms with E-state index < -0.39 is 0 Å². The number of hydrogen-bond acceptors (Lipinski definition) is 3. The van der Waals surface area contributed by atoms with Crippen LogP contribution in [-0.2, 0) is 11.3 Å². The summed E-state index contributed by atoms with van der Waals surface area (Å²) in [6, 6.07) is 18.1. The van der Waals surface area contributed by atoms with E-state index in [1.54, 1.807) is 6.20 Å². The average molecular weight is 445 g/mol. The first-order valence-corrected chi connectivity index (χ1v) is 11.8.